The lowest BCUT2D eigenvalue weighted by Crippen LogP contribution is -2.52. The highest BCUT2D eigenvalue weighted by Gasteiger charge is 2.36. The fourth-order valence-electron chi connectivity index (χ4n) is 2.57. The van der Waals surface area contributed by atoms with Gasteiger partial charge in [-0.1, -0.05) is 0 Å². The summed E-state index contributed by atoms with van der Waals surface area (Å²) in [7, 11) is -3.68. The Hall–Kier alpha value is -2.13. The molecule has 0 aliphatic carbocycles. The summed E-state index contributed by atoms with van der Waals surface area (Å²) in [5.41, 5.74) is 2.37. The average Bonchev–Trinajstić information content (AvgIpc) is 3.09. The zero-order chi connectivity index (χ0) is 21.0. The molecule has 0 bridgehead atoms. The molecule has 1 saturated heterocycles. The highest BCUT2D eigenvalue weighted by Crippen LogP contribution is 2.24. The van der Waals surface area contributed by atoms with Crippen molar-refractivity contribution in [2.24, 2.45) is 10.9 Å². The van der Waals surface area contributed by atoms with Crippen LogP contribution in [0.15, 0.2) is 32.3 Å². The summed E-state index contributed by atoms with van der Waals surface area (Å²) in [6.45, 7) is 2.68. The van der Waals surface area contributed by atoms with Gasteiger partial charge in [-0.15, -0.1) is 0 Å². The van der Waals surface area contributed by atoms with E-state index in [0.29, 0.717) is 25.3 Å². The second kappa shape index (κ2) is 9.13. The number of anilines is 1. The molecule has 11 nitrogen and oxygen atoms in total. The molecule has 3 N–H and O–H groups in total. The van der Waals surface area contributed by atoms with Gasteiger partial charge in [0.2, 0.25) is 5.82 Å². The van der Waals surface area contributed by atoms with Gasteiger partial charge < -0.3 is 5.32 Å². The van der Waals surface area contributed by atoms with Gasteiger partial charge in [0, 0.05) is 25.6 Å². The van der Waals surface area contributed by atoms with E-state index in [9.17, 15) is 18.0 Å². The fourth-order valence-corrected chi connectivity index (χ4v) is 4.17. The molecule has 158 valence electrons. The van der Waals surface area contributed by atoms with Crippen LogP contribution in [-0.4, -0.2) is 60.3 Å². The normalized spacial score (nSPS) is 15.9. The van der Waals surface area contributed by atoms with Crippen molar-refractivity contribution < 1.29 is 26.8 Å². The standard InChI is InChI=1S/C15H18BrFN6O5S/c1-2-27-29(25,26)23-7-9(8-23)6-18-14-13(21-28-22-14)15(20-24)19-10-3-4-12(17)11(16)5-10/h3-5,9,24H,2,6-8H2,1H3,(H,18,22)(H,19,20). The van der Waals surface area contributed by atoms with E-state index in [0.717, 1.165) is 0 Å². The van der Waals surface area contributed by atoms with Crippen LogP contribution in [0.3, 0.4) is 0 Å². The molecular formula is C15H18BrFN6O5S. The Morgan fingerprint density at radius 1 is 1.48 bits per heavy atom. The highest BCUT2D eigenvalue weighted by atomic mass is 79.9. The number of hydroxylamine groups is 1. The van der Waals surface area contributed by atoms with Crippen molar-refractivity contribution in [3.8, 4) is 0 Å². The van der Waals surface area contributed by atoms with Crippen LogP contribution in [0.1, 0.15) is 12.6 Å². The smallest absolute Gasteiger partial charge is 0.338 e. The van der Waals surface area contributed by atoms with Gasteiger partial charge in [0.25, 0.3) is 0 Å². The highest BCUT2D eigenvalue weighted by molar-refractivity contribution is 9.10. The van der Waals surface area contributed by atoms with Crippen molar-refractivity contribution in [3.05, 3.63) is 34.2 Å². The van der Waals surface area contributed by atoms with Crippen molar-refractivity contribution in [2.45, 2.75) is 6.92 Å². The zero-order valence-electron chi connectivity index (χ0n) is 15.2. The second-order valence-electron chi connectivity index (χ2n) is 6.06. The molecule has 1 fully saturated rings. The number of hydrogen-bond donors (Lipinski definition) is 3. The van der Waals surface area contributed by atoms with Gasteiger partial charge in [-0.3, -0.25) is 14.9 Å². The molecule has 2 aromatic rings. The third-order valence-electron chi connectivity index (χ3n) is 4.03. The molecule has 1 aliphatic heterocycles. The molecule has 0 unspecified atom stereocenters. The first-order chi connectivity index (χ1) is 13.8. The maximum absolute atomic E-state index is 13.4. The van der Waals surface area contributed by atoms with Crippen molar-refractivity contribution in [2.75, 3.05) is 31.6 Å². The molecule has 0 spiro atoms. The van der Waals surface area contributed by atoms with E-state index in [1.165, 1.54) is 22.5 Å². The molecule has 14 heteroatoms. The lowest BCUT2D eigenvalue weighted by molar-refractivity contribution is 0.175. The van der Waals surface area contributed by atoms with E-state index in [2.05, 4.69) is 36.6 Å². The van der Waals surface area contributed by atoms with E-state index in [1.807, 2.05) is 5.48 Å². The number of hydrogen-bond acceptors (Lipinski definition) is 9. The van der Waals surface area contributed by atoms with Crippen molar-refractivity contribution in [1.82, 2.24) is 20.1 Å². The molecule has 0 radical (unpaired) electrons. The SMILES string of the molecule is CCOS(=O)(=O)N1CC(CNc2nonc2C(=Nc2ccc(F)c(Br)c2)NO)C1. The van der Waals surface area contributed by atoms with E-state index < -0.39 is 16.1 Å². The summed E-state index contributed by atoms with van der Waals surface area (Å²) in [4.78, 5) is 4.16. The van der Waals surface area contributed by atoms with Crippen LogP contribution in [-0.2, 0) is 14.5 Å². The van der Waals surface area contributed by atoms with E-state index >= 15 is 0 Å². The van der Waals surface area contributed by atoms with Gasteiger partial charge in [-0.2, -0.15) is 12.7 Å². The monoisotopic (exact) mass is 492 g/mol. The van der Waals surface area contributed by atoms with Crippen molar-refractivity contribution in [3.63, 3.8) is 0 Å². The minimum Gasteiger partial charge on any atom is -0.365 e. The Morgan fingerprint density at radius 3 is 2.90 bits per heavy atom. The van der Waals surface area contributed by atoms with Crippen LogP contribution in [0.25, 0.3) is 0 Å². The van der Waals surface area contributed by atoms with Crippen molar-refractivity contribution in [1.29, 1.82) is 0 Å². The molecule has 1 aromatic carbocycles. The van der Waals surface area contributed by atoms with E-state index in [-0.39, 0.29) is 34.3 Å². The molecule has 0 saturated carbocycles. The summed E-state index contributed by atoms with van der Waals surface area (Å²) >= 11 is 3.06. The molecule has 3 rings (SSSR count). The van der Waals surface area contributed by atoms with Crippen LogP contribution >= 0.6 is 15.9 Å². The van der Waals surface area contributed by atoms with Gasteiger partial charge in [-0.05, 0) is 51.4 Å². The van der Waals surface area contributed by atoms with Crippen LogP contribution in [0, 0.1) is 11.7 Å². The first kappa shape index (κ1) is 21.6. The number of aromatic nitrogens is 2. The average molecular weight is 493 g/mol. The van der Waals surface area contributed by atoms with E-state index in [4.69, 9.17) is 8.81 Å². The third-order valence-corrected chi connectivity index (χ3v) is 6.10. The molecule has 0 amide bonds. The summed E-state index contributed by atoms with van der Waals surface area (Å²) < 4.78 is 47.8. The van der Waals surface area contributed by atoms with Gasteiger partial charge >= 0.3 is 10.3 Å². The van der Waals surface area contributed by atoms with Gasteiger partial charge in [-0.25, -0.2) is 14.0 Å². The Labute approximate surface area is 174 Å². The maximum Gasteiger partial charge on any atom is 0.338 e. The third kappa shape index (κ3) is 5.08. The summed E-state index contributed by atoms with van der Waals surface area (Å²) in [5, 5.41) is 19.9. The number of aliphatic imine (C=N–C) groups is 1. The summed E-state index contributed by atoms with van der Waals surface area (Å²) in [6.07, 6.45) is 0. The number of rotatable bonds is 8. The van der Waals surface area contributed by atoms with Crippen LogP contribution in [0.5, 0.6) is 0 Å². The molecule has 1 aromatic heterocycles. The summed E-state index contributed by atoms with van der Waals surface area (Å²) in [5.74, 6) is -0.280. The minimum absolute atomic E-state index is 0.0327. The lowest BCUT2D eigenvalue weighted by atomic mass is 10.0. The predicted octanol–water partition coefficient (Wildman–Crippen LogP) is 1.65. The van der Waals surface area contributed by atoms with Crippen LogP contribution < -0.4 is 10.8 Å². The topological polar surface area (TPSA) is 142 Å². The van der Waals surface area contributed by atoms with Gasteiger partial charge in [0.05, 0.1) is 16.8 Å². The first-order valence-corrected chi connectivity index (χ1v) is 10.6. The number of nitrogens with one attached hydrogen (secondary N) is 2. The number of nitrogens with zero attached hydrogens (tertiary/aromatic N) is 4. The fraction of sp³-hybridized carbons (Fsp3) is 0.400. The second-order valence-corrected chi connectivity index (χ2v) is 8.52. The number of benzene rings is 1. The molecule has 1 aliphatic rings. The summed E-state index contributed by atoms with van der Waals surface area (Å²) in [6, 6.07) is 4.06. The van der Waals surface area contributed by atoms with Gasteiger partial charge in [0.1, 0.15) is 5.82 Å². The largest absolute Gasteiger partial charge is 0.365 e. The minimum atomic E-state index is -3.68. The Bertz CT molecular complexity index is 995. The van der Waals surface area contributed by atoms with Crippen LogP contribution in [0.4, 0.5) is 15.9 Å². The van der Waals surface area contributed by atoms with Crippen molar-refractivity contribution >= 4 is 43.6 Å². The van der Waals surface area contributed by atoms with Crippen LogP contribution in [0.2, 0.25) is 0 Å². The zero-order valence-corrected chi connectivity index (χ0v) is 17.6. The molecule has 0 atom stereocenters. The van der Waals surface area contributed by atoms with E-state index in [1.54, 1.807) is 6.92 Å². The number of halogens is 2. The molecule has 29 heavy (non-hydrogen) atoms. The first-order valence-electron chi connectivity index (χ1n) is 8.49. The Kier molecular flexibility index (Phi) is 6.79. The molecule has 2 heterocycles. The lowest BCUT2D eigenvalue weighted by Gasteiger charge is -2.37. The molecular weight excluding hydrogens is 475 g/mol. The quantitative estimate of drug-likeness (QED) is 0.284. The maximum atomic E-state index is 13.4. The predicted molar refractivity (Wildman–Crippen MR) is 104 cm³/mol. The number of amidine groups is 1. The Balaban J connectivity index is 1.64. The van der Waals surface area contributed by atoms with Gasteiger partial charge in [0.15, 0.2) is 11.5 Å². The Morgan fingerprint density at radius 2 is 2.24 bits per heavy atom.